The Hall–Kier alpha value is -2.11. The van der Waals surface area contributed by atoms with Crippen molar-refractivity contribution in [1.82, 2.24) is 24.0 Å². The topological polar surface area (TPSA) is 56.0 Å². The Kier molecular flexibility index (Phi) is 2.84. The van der Waals surface area contributed by atoms with Gasteiger partial charge in [-0.05, 0) is 12.8 Å². The number of amides is 1. The molecule has 6 nitrogen and oxygen atoms in total. The van der Waals surface area contributed by atoms with Crippen molar-refractivity contribution in [2.75, 3.05) is 13.1 Å². The molecule has 0 aromatic carbocycles. The third-order valence-electron chi connectivity index (χ3n) is 3.41. The first-order valence-corrected chi connectivity index (χ1v) is 6.09. The highest BCUT2D eigenvalue weighted by molar-refractivity contribution is 5.76. The molecule has 3 heterocycles. The van der Waals surface area contributed by atoms with Gasteiger partial charge >= 0.3 is 6.03 Å². The standard InChI is InChI=1S/C12H15N5O/c18-12(17-8-4-14-10-17)15-5-1-11(2-6-15)16-7-3-13-9-16/h3-4,7-11H,1-2,5-6H2. The third-order valence-corrected chi connectivity index (χ3v) is 3.41. The lowest BCUT2D eigenvalue weighted by Gasteiger charge is -2.32. The van der Waals surface area contributed by atoms with Crippen molar-refractivity contribution in [2.24, 2.45) is 0 Å². The zero-order valence-corrected chi connectivity index (χ0v) is 10.0. The monoisotopic (exact) mass is 245 g/mol. The molecule has 2 aromatic heterocycles. The van der Waals surface area contributed by atoms with E-state index in [9.17, 15) is 4.79 Å². The fourth-order valence-electron chi connectivity index (χ4n) is 2.38. The van der Waals surface area contributed by atoms with Crippen molar-refractivity contribution in [3.63, 3.8) is 0 Å². The molecule has 0 saturated carbocycles. The molecule has 2 aromatic rings. The molecule has 94 valence electrons. The van der Waals surface area contributed by atoms with Gasteiger partial charge in [-0.1, -0.05) is 0 Å². The van der Waals surface area contributed by atoms with Crippen molar-refractivity contribution >= 4 is 6.03 Å². The molecular weight excluding hydrogens is 230 g/mol. The highest BCUT2D eigenvalue weighted by Crippen LogP contribution is 2.22. The van der Waals surface area contributed by atoms with E-state index < -0.39 is 0 Å². The molecule has 0 aliphatic carbocycles. The fourth-order valence-corrected chi connectivity index (χ4v) is 2.38. The van der Waals surface area contributed by atoms with E-state index in [0.717, 1.165) is 25.9 Å². The SMILES string of the molecule is O=C(N1CCC(n2ccnc2)CC1)n1ccnc1. The van der Waals surface area contributed by atoms with Crippen molar-refractivity contribution in [3.8, 4) is 0 Å². The van der Waals surface area contributed by atoms with Crippen LogP contribution in [-0.4, -0.2) is 43.1 Å². The second kappa shape index (κ2) is 4.64. The number of hydrogen-bond donors (Lipinski definition) is 0. The average molecular weight is 245 g/mol. The predicted molar refractivity (Wildman–Crippen MR) is 65.1 cm³/mol. The van der Waals surface area contributed by atoms with Crippen molar-refractivity contribution < 1.29 is 4.79 Å². The number of imidazole rings is 2. The van der Waals surface area contributed by atoms with Gasteiger partial charge in [0, 0.05) is 43.9 Å². The molecule has 1 aliphatic heterocycles. The molecule has 0 N–H and O–H groups in total. The fraction of sp³-hybridized carbons (Fsp3) is 0.417. The molecule has 0 spiro atoms. The summed E-state index contributed by atoms with van der Waals surface area (Å²) in [5.41, 5.74) is 0. The van der Waals surface area contributed by atoms with Crippen LogP contribution in [0, 0.1) is 0 Å². The van der Waals surface area contributed by atoms with Crippen molar-refractivity contribution in [3.05, 3.63) is 37.4 Å². The number of hydrogen-bond acceptors (Lipinski definition) is 3. The maximum Gasteiger partial charge on any atom is 0.329 e. The van der Waals surface area contributed by atoms with Gasteiger partial charge in [-0.2, -0.15) is 0 Å². The minimum atomic E-state index is 0.0107. The van der Waals surface area contributed by atoms with Crippen LogP contribution >= 0.6 is 0 Å². The van der Waals surface area contributed by atoms with E-state index in [-0.39, 0.29) is 6.03 Å². The zero-order chi connectivity index (χ0) is 12.4. The minimum Gasteiger partial charge on any atom is -0.334 e. The smallest absolute Gasteiger partial charge is 0.329 e. The minimum absolute atomic E-state index is 0.0107. The molecule has 0 radical (unpaired) electrons. The van der Waals surface area contributed by atoms with Gasteiger partial charge in [0.05, 0.1) is 6.33 Å². The summed E-state index contributed by atoms with van der Waals surface area (Å²) in [6, 6.07) is 0.468. The summed E-state index contributed by atoms with van der Waals surface area (Å²) in [7, 11) is 0. The Morgan fingerprint density at radius 2 is 1.78 bits per heavy atom. The second-order valence-electron chi connectivity index (χ2n) is 4.48. The van der Waals surface area contributed by atoms with E-state index >= 15 is 0 Å². The maximum atomic E-state index is 12.1. The lowest BCUT2D eigenvalue weighted by molar-refractivity contribution is 0.173. The van der Waals surface area contributed by atoms with Gasteiger partial charge in [0.15, 0.2) is 0 Å². The largest absolute Gasteiger partial charge is 0.334 e. The molecule has 1 fully saturated rings. The van der Waals surface area contributed by atoms with Crippen LogP contribution < -0.4 is 0 Å². The first-order valence-electron chi connectivity index (χ1n) is 6.09. The lowest BCUT2D eigenvalue weighted by atomic mass is 10.1. The predicted octanol–water partition coefficient (Wildman–Crippen LogP) is 1.38. The third kappa shape index (κ3) is 2.01. The summed E-state index contributed by atoms with van der Waals surface area (Å²) in [5.74, 6) is 0. The summed E-state index contributed by atoms with van der Waals surface area (Å²) in [6.45, 7) is 1.56. The number of nitrogens with zero attached hydrogens (tertiary/aromatic N) is 5. The summed E-state index contributed by atoms with van der Waals surface area (Å²) in [4.78, 5) is 21.9. The van der Waals surface area contributed by atoms with Crippen LogP contribution in [0.5, 0.6) is 0 Å². The summed E-state index contributed by atoms with van der Waals surface area (Å²) >= 11 is 0. The highest BCUT2D eigenvalue weighted by Gasteiger charge is 2.24. The normalized spacial score (nSPS) is 17.0. The molecule has 0 bridgehead atoms. The molecular formula is C12H15N5O. The molecule has 1 amide bonds. The average Bonchev–Trinajstić information content (AvgIpc) is 3.11. The van der Waals surface area contributed by atoms with E-state index in [4.69, 9.17) is 0 Å². The van der Waals surface area contributed by atoms with Crippen LogP contribution in [0.4, 0.5) is 4.79 Å². The van der Waals surface area contributed by atoms with Gasteiger partial charge in [0.2, 0.25) is 0 Å². The number of aromatic nitrogens is 4. The number of carbonyl (C=O) groups is 1. The quantitative estimate of drug-likeness (QED) is 0.762. The molecule has 0 atom stereocenters. The van der Waals surface area contributed by atoms with E-state index in [2.05, 4.69) is 14.5 Å². The Morgan fingerprint density at radius 1 is 1.06 bits per heavy atom. The first kappa shape index (κ1) is 11.0. The number of likely N-dealkylation sites (tertiary alicyclic amines) is 1. The van der Waals surface area contributed by atoms with E-state index in [0.29, 0.717) is 6.04 Å². The van der Waals surface area contributed by atoms with Gasteiger partial charge in [0.1, 0.15) is 6.33 Å². The van der Waals surface area contributed by atoms with Crippen LogP contribution in [0.15, 0.2) is 37.4 Å². The van der Waals surface area contributed by atoms with Gasteiger partial charge in [-0.3, -0.25) is 4.57 Å². The molecule has 1 aliphatic rings. The summed E-state index contributed by atoms with van der Waals surface area (Å²) < 4.78 is 3.65. The lowest BCUT2D eigenvalue weighted by Crippen LogP contribution is -2.40. The number of rotatable bonds is 1. The van der Waals surface area contributed by atoms with E-state index in [1.165, 1.54) is 4.57 Å². The Morgan fingerprint density at radius 3 is 2.39 bits per heavy atom. The van der Waals surface area contributed by atoms with E-state index in [1.807, 2.05) is 17.4 Å². The number of carbonyl (C=O) groups excluding carboxylic acids is 1. The Balaban J connectivity index is 1.62. The molecule has 18 heavy (non-hydrogen) atoms. The maximum absolute atomic E-state index is 12.1. The van der Waals surface area contributed by atoms with Crippen molar-refractivity contribution in [1.29, 1.82) is 0 Å². The van der Waals surface area contributed by atoms with Crippen LogP contribution in [0.1, 0.15) is 18.9 Å². The van der Waals surface area contributed by atoms with Crippen LogP contribution in [0.25, 0.3) is 0 Å². The first-order chi connectivity index (χ1) is 8.84. The summed E-state index contributed by atoms with van der Waals surface area (Å²) in [5, 5.41) is 0. The van der Waals surface area contributed by atoms with Crippen LogP contribution in [-0.2, 0) is 0 Å². The summed E-state index contributed by atoms with van der Waals surface area (Å²) in [6.07, 6.45) is 12.4. The zero-order valence-electron chi connectivity index (χ0n) is 10.0. The Labute approximate surface area is 105 Å². The molecule has 1 saturated heterocycles. The Bertz CT molecular complexity index is 497. The van der Waals surface area contributed by atoms with Crippen LogP contribution in [0.2, 0.25) is 0 Å². The second-order valence-corrected chi connectivity index (χ2v) is 4.48. The van der Waals surface area contributed by atoms with E-state index in [1.54, 1.807) is 24.9 Å². The highest BCUT2D eigenvalue weighted by atomic mass is 16.2. The van der Waals surface area contributed by atoms with Gasteiger partial charge in [-0.15, -0.1) is 0 Å². The van der Waals surface area contributed by atoms with Gasteiger partial charge in [-0.25, -0.2) is 14.8 Å². The van der Waals surface area contributed by atoms with Gasteiger partial charge in [0.25, 0.3) is 0 Å². The van der Waals surface area contributed by atoms with Gasteiger partial charge < -0.3 is 9.47 Å². The molecule has 0 unspecified atom stereocenters. The van der Waals surface area contributed by atoms with Crippen molar-refractivity contribution in [2.45, 2.75) is 18.9 Å². The van der Waals surface area contributed by atoms with Crippen LogP contribution in [0.3, 0.4) is 0 Å². The molecule has 6 heteroatoms. The molecule has 3 rings (SSSR count). The number of piperidine rings is 1.